The summed E-state index contributed by atoms with van der Waals surface area (Å²) < 4.78 is 9.98. The van der Waals surface area contributed by atoms with Crippen LogP contribution in [0.1, 0.15) is 42.6 Å². The smallest absolute Gasteiger partial charge is 0.338 e. The molecule has 0 bridgehead atoms. The van der Waals surface area contributed by atoms with Crippen molar-refractivity contribution >= 4 is 11.9 Å². The van der Waals surface area contributed by atoms with Crippen LogP contribution in [0, 0.1) is 0 Å². The second-order valence-corrected chi connectivity index (χ2v) is 5.59. The van der Waals surface area contributed by atoms with Gasteiger partial charge in [0.05, 0.1) is 12.7 Å². The van der Waals surface area contributed by atoms with Crippen LogP contribution in [-0.2, 0) is 16.0 Å². The Labute approximate surface area is 142 Å². The van der Waals surface area contributed by atoms with Crippen molar-refractivity contribution in [2.45, 2.75) is 33.1 Å². The van der Waals surface area contributed by atoms with Crippen LogP contribution in [0.2, 0.25) is 0 Å². The van der Waals surface area contributed by atoms with E-state index < -0.39 is 11.9 Å². The molecular formula is C20H22O4. The molecule has 4 heteroatoms. The average Bonchev–Trinajstić information content (AvgIpc) is 2.59. The maximum Gasteiger partial charge on any atom is 0.338 e. The van der Waals surface area contributed by atoms with E-state index in [0.29, 0.717) is 16.9 Å². The first-order valence-electron chi connectivity index (χ1n) is 8.05. The third-order valence-corrected chi connectivity index (χ3v) is 3.74. The maximum atomic E-state index is 12.0. The minimum absolute atomic E-state index is 0.401. The molecule has 0 saturated heterocycles. The van der Waals surface area contributed by atoms with Crippen LogP contribution in [0.3, 0.4) is 0 Å². The van der Waals surface area contributed by atoms with Crippen LogP contribution >= 0.6 is 0 Å². The molecule has 24 heavy (non-hydrogen) atoms. The minimum atomic E-state index is -0.422. The van der Waals surface area contributed by atoms with E-state index in [-0.39, 0.29) is 0 Å². The minimum Gasteiger partial charge on any atom is -0.465 e. The van der Waals surface area contributed by atoms with E-state index in [1.807, 2.05) is 12.1 Å². The van der Waals surface area contributed by atoms with E-state index in [0.717, 1.165) is 24.8 Å². The molecule has 0 heterocycles. The number of carbonyl (C=O) groups excluding carboxylic acids is 2. The molecule has 0 unspecified atom stereocenters. The highest BCUT2D eigenvalue weighted by Gasteiger charge is 2.15. The normalized spacial score (nSPS) is 10.3. The molecule has 0 aliphatic carbocycles. The fourth-order valence-electron chi connectivity index (χ4n) is 2.51. The molecular weight excluding hydrogens is 304 g/mol. The molecule has 0 amide bonds. The van der Waals surface area contributed by atoms with Crippen molar-refractivity contribution in [2.24, 2.45) is 0 Å². The molecule has 2 rings (SSSR count). The number of benzene rings is 2. The first kappa shape index (κ1) is 17.7. The SMILES string of the molecule is CCCCc1ccc(-c2cc(OC(C)=O)ccc2C(=O)OC)cc1. The van der Waals surface area contributed by atoms with E-state index >= 15 is 0 Å². The van der Waals surface area contributed by atoms with Gasteiger partial charge < -0.3 is 9.47 Å². The van der Waals surface area contributed by atoms with Gasteiger partial charge in [-0.2, -0.15) is 0 Å². The van der Waals surface area contributed by atoms with Gasteiger partial charge in [0.25, 0.3) is 0 Å². The second-order valence-electron chi connectivity index (χ2n) is 5.59. The Balaban J connectivity index is 2.40. The Morgan fingerprint density at radius 2 is 1.75 bits per heavy atom. The number of esters is 2. The summed E-state index contributed by atoms with van der Waals surface area (Å²) in [7, 11) is 1.35. The Morgan fingerprint density at radius 3 is 2.33 bits per heavy atom. The molecule has 0 aromatic heterocycles. The predicted octanol–water partition coefficient (Wildman–Crippen LogP) is 4.41. The molecule has 0 fully saturated rings. The largest absolute Gasteiger partial charge is 0.465 e. The number of hydrogen-bond acceptors (Lipinski definition) is 4. The third-order valence-electron chi connectivity index (χ3n) is 3.74. The zero-order chi connectivity index (χ0) is 17.5. The quantitative estimate of drug-likeness (QED) is 0.583. The van der Waals surface area contributed by atoms with Gasteiger partial charge in [-0.15, -0.1) is 0 Å². The van der Waals surface area contributed by atoms with Crippen molar-refractivity contribution in [1.29, 1.82) is 0 Å². The topological polar surface area (TPSA) is 52.6 Å². The fraction of sp³-hybridized carbons (Fsp3) is 0.300. The lowest BCUT2D eigenvalue weighted by Crippen LogP contribution is -2.06. The highest BCUT2D eigenvalue weighted by atomic mass is 16.5. The summed E-state index contributed by atoms with van der Waals surface area (Å²) in [6.45, 7) is 3.51. The summed E-state index contributed by atoms with van der Waals surface area (Å²) in [5, 5.41) is 0. The van der Waals surface area contributed by atoms with E-state index in [1.54, 1.807) is 18.2 Å². The van der Waals surface area contributed by atoms with Gasteiger partial charge >= 0.3 is 11.9 Å². The molecule has 0 saturated carbocycles. The molecule has 0 N–H and O–H groups in total. The lowest BCUT2D eigenvalue weighted by Gasteiger charge is -2.11. The summed E-state index contributed by atoms with van der Waals surface area (Å²) >= 11 is 0. The van der Waals surface area contributed by atoms with Gasteiger partial charge in [-0.05, 0) is 47.7 Å². The molecule has 0 aliphatic rings. The Hall–Kier alpha value is -2.62. The van der Waals surface area contributed by atoms with Crippen molar-refractivity contribution in [3.63, 3.8) is 0 Å². The standard InChI is InChI=1S/C20H22O4/c1-4-5-6-15-7-9-16(10-8-15)19-13-17(24-14(2)21)11-12-18(19)20(22)23-3/h7-13H,4-6H2,1-3H3. The average molecular weight is 326 g/mol. The van der Waals surface area contributed by atoms with Gasteiger partial charge in [-0.3, -0.25) is 4.79 Å². The second kappa shape index (κ2) is 8.29. The molecule has 0 radical (unpaired) electrons. The summed E-state index contributed by atoms with van der Waals surface area (Å²) in [6, 6.07) is 13.0. The van der Waals surface area contributed by atoms with Crippen molar-refractivity contribution in [3.05, 3.63) is 53.6 Å². The zero-order valence-corrected chi connectivity index (χ0v) is 14.3. The number of rotatable bonds is 6. The van der Waals surface area contributed by atoms with Gasteiger partial charge in [-0.1, -0.05) is 37.6 Å². The van der Waals surface area contributed by atoms with Crippen molar-refractivity contribution in [2.75, 3.05) is 7.11 Å². The monoisotopic (exact) mass is 326 g/mol. The zero-order valence-electron chi connectivity index (χ0n) is 14.3. The summed E-state index contributed by atoms with van der Waals surface area (Å²) in [5.74, 6) is -0.420. The van der Waals surface area contributed by atoms with Gasteiger partial charge in [0.1, 0.15) is 5.75 Å². The third kappa shape index (κ3) is 4.44. The number of ether oxygens (including phenoxy) is 2. The summed E-state index contributed by atoms with van der Waals surface area (Å²) in [6.07, 6.45) is 3.33. The highest BCUT2D eigenvalue weighted by molar-refractivity contribution is 5.97. The van der Waals surface area contributed by atoms with Gasteiger partial charge in [0.15, 0.2) is 0 Å². The first-order valence-corrected chi connectivity index (χ1v) is 8.05. The van der Waals surface area contributed by atoms with E-state index in [1.165, 1.54) is 19.6 Å². The van der Waals surface area contributed by atoms with Crippen LogP contribution in [0.5, 0.6) is 5.75 Å². The van der Waals surface area contributed by atoms with E-state index in [2.05, 4.69) is 19.1 Å². The number of aryl methyl sites for hydroxylation is 1. The summed E-state index contributed by atoms with van der Waals surface area (Å²) in [4.78, 5) is 23.2. The predicted molar refractivity (Wildman–Crippen MR) is 93.1 cm³/mol. The maximum absolute atomic E-state index is 12.0. The van der Waals surface area contributed by atoms with Gasteiger partial charge in [-0.25, -0.2) is 4.79 Å². The Bertz CT molecular complexity index is 717. The molecule has 2 aromatic carbocycles. The van der Waals surface area contributed by atoms with Crippen LogP contribution < -0.4 is 4.74 Å². The van der Waals surface area contributed by atoms with E-state index in [9.17, 15) is 9.59 Å². The number of unbranched alkanes of at least 4 members (excludes halogenated alkanes) is 1. The van der Waals surface area contributed by atoms with Gasteiger partial charge in [0.2, 0.25) is 0 Å². The Kier molecular flexibility index (Phi) is 6.13. The number of carbonyl (C=O) groups is 2. The van der Waals surface area contributed by atoms with Crippen molar-refractivity contribution in [3.8, 4) is 16.9 Å². The first-order chi connectivity index (χ1) is 11.5. The molecule has 0 spiro atoms. The number of hydrogen-bond donors (Lipinski definition) is 0. The van der Waals surface area contributed by atoms with Gasteiger partial charge in [0, 0.05) is 6.92 Å². The van der Waals surface area contributed by atoms with Crippen molar-refractivity contribution < 1.29 is 19.1 Å². The van der Waals surface area contributed by atoms with Crippen LogP contribution in [-0.4, -0.2) is 19.0 Å². The van der Waals surface area contributed by atoms with Crippen molar-refractivity contribution in [1.82, 2.24) is 0 Å². The lowest BCUT2D eigenvalue weighted by molar-refractivity contribution is -0.131. The molecule has 4 nitrogen and oxygen atoms in total. The van der Waals surface area contributed by atoms with E-state index in [4.69, 9.17) is 9.47 Å². The fourth-order valence-corrected chi connectivity index (χ4v) is 2.51. The number of methoxy groups -OCH3 is 1. The molecule has 0 aliphatic heterocycles. The summed E-state index contributed by atoms with van der Waals surface area (Å²) in [5.41, 5.74) is 3.26. The highest BCUT2D eigenvalue weighted by Crippen LogP contribution is 2.29. The van der Waals surface area contributed by atoms with Crippen LogP contribution in [0.25, 0.3) is 11.1 Å². The molecule has 126 valence electrons. The van der Waals surface area contributed by atoms with Crippen LogP contribution in [0.4, 0.5) is 0 Å². The molecule has 0 atom stereocenters. The Morgan fingerprint density at radius 1 is 1.04 bits per heavy atom. The molecule has 2 aromatic rings. The van der Waals surface area contributed by atoms with Crippen LogP contribution in [0.15, 0.2) is 42.5 Å². The lowest BCUT2D eigenvalue weighted by atomic mass is 9.97.